The van der Waals surface area contributed by atoms with Gasteiger partial charge in [0.1, 0.15) is 5.69 Å². The number of thioether (sulfide) groups is 1. The zero-order valence-electron chi connectivity index (χ0n) is 12.5. The van der Waals surface area contributed by atoms with E-state index in [1.807, 2.05) is 18.2 Å². The SMILES string of the molecule is COCCSc1nc(N)c2c(n1)N(Cc1ccccc1)CN2. The summed E-state index contributed by atoms with van der Waals surface area (Å²) in [6.07, 6.45) is 0. The van der Waals surface area contributed by atoms with Gasteiger partial charge in [-0.3, -0.25) is 0 Å². The van der Waals surface area contributed by atoms with Gasteiger partial charge in [-0.15, -0.1) is 0 Å². The zero-order chi connectivity index (χ0) is 15.4. The number of aromatic nitrogens is 2. The lowest BCUT2D eigenvalue weighted by Crippen LogP contribution is -2.22. The number of nitrogens with zero attached hydrogens (tertiary/aromatic N) is 3. The van der Waals surface area contributed by atoms with Crippen LogP contribution in [0.1, 0.15) is 5.56 Å². The number of rotatable bonds is 6. The molecule has 0 radical (unpaired) electrons. The quantitative estimate of drug-likeness (QED) is 0.480. The van der Waals surface area contributed by atoms with E-state index in [0.717, 1.165) is 23.8 Å². The van der Waals surface area contributed by atoms with E-state index >= 15 is 0 Å². The van der Waals surface area contributed by atoms with Crippen molar-refractivity contribution in [3.63, 3.8) is 0 Å². The van der Waals surface area contributed by atoms with E-state index in [4.69, 9.17) is 10.5 Å². The van der Waals surface area contributed by atoms with Crippen LogP contribution in [0.5, 0.6) is 0 Å². The minimum atomic E-state index is 0.500. The highest BCUT2D eigenvalue weighted by Gasteiger charge is 2.24. The molecular weight excluding hydrogens is 298 g/mol. The van der Waals surface area contributed by atoms with Crippen LogP contribution in [-0.4, -0.2) is 36.1 Å². The van der Waals surface area contributed by atoms with Crippen LogP contribution >= 0.6 is 11.8 Å². The molecule has 0 unspecified atom stereocenters. The number of hydrogen-bond acceptors (Lipinski definition) is 7. The van der Waals surface area contributed by atoms with Crippen LogP contribution in [0.4, 0.5) is 17.3 Å². The summed E-state index contributed by atoms with van der Waals surface area (Å²) in [4.78, 5) is 11.2. The maximum absolute atomic E-state index is 6.05. The molecule has 116 valence electrons. The number of methoxy groups -OCH3 is 1. The summed E-state index contributed by atoms with van der Waals surface area (Å²) < 4.78 is 5.06. The van der Waals surface area contributed by atoms with E-state index in [1.165, 1.54) is 5.56 Å². The molecule has 2 aromatic rings. The van der Waals surface area contributed by atoms with Gasteiger partial charge in [0.2, 0.25) is 0 Å². The van der Waals surface area contributed by atoms with Crippen molar-refractivity contribution in [2.24, 2.45) is 0 Å². The molecule has 3 N–H and O–H groups in total. The fourth-order valence-electron chi connectivity index (χ4n) is 2.31. The average molecular weight is 317 g/mol. The van der Waals surface area contributed by atoms with Crippen molar-refractivity contribution in [1.29, 1.82) is 0 Å². The summed E-state index contributed by atoms with van der Waals surface area (Å²) in [5.74, 6) is 2.18. The summed E-state index contributed by atoms with van der Waals surface area (Å²) in [6, 6.07) is 10.3. The van der Waals surface area contributed by atoms with Crippen molar-refractivity contribution < 1.29 is 4.74 Å². The fourth-order valence-corrected chi connectivity index (χ4v) is 3.05. The number of fused-ring (bicyclic) bond motifs is 1. The number of nitrogen functional groups attached to an aromatic ring is 1. The van der Waals surface area contributed by atoms with Gasteiger partial charge < -0.3 is 20.7 Å². The van der Waals surface area contributed by atoms with Crippen molar-refractivity contribution in [3.8, 4) is 0 Å². The van der Waals surface area contributed by atoms with E-state index in [-0.39, 0.29) is 0 Å². The smallest absolute Gasteiger partial charge is 0.191 e. The second kappa shape index (κ2) is 6.85. The Kier molecular flexibility index (Phi) is 4.65. The van der Waals surface area contributed by atoms with Crippen LogP contribution < -0.4 is 16.0 Å². The summed E-state index contributed by atoms with van der Waals surface area (Å²) in [7, 11) is 1.68. The third-order valence-corrected chi connectivity index (χ3v) is 4.19. The van der Waals surface area contributed by atoms with E-state index < -0.39 is 0 Å². The van der Waals surface area contributed by atoms with Gasteiger partial charge in [-0.2, -0.15) is 0 Å². The molecule has 0 fully saturated rings. The lowest BCUT2D eigenvalue weighted by atomic mass is 10.2. The van der Waals surface area contributed by atoms with Crippen molar-refractivity contribution in [2.75, 3.05) is 42.1 Å². The summed E-state index contributed by atoms with van der Waals surface area (Å²) >= 11 is 1.55. The Hall–Kier alpha value is -1.99. The highest BCUT2D eigenvalue weighted by molar-refractivity contribution is 7.99. The molecule has 2 heterocycles. The van der Waals surface area contributed by atoms with Gasteiger partial charge in [0.15, 0.2) is 16.8 Å². The third kappa shape index (κ3) is 3.26. The summed E-state index contributed by atoms with van der Waals surface area (Å²) in [5, 5.41) is 3.97. The number of benzene rings is 1. The molecule has 1 aromatic carbocycles. The Morgan fingerprint density at radius 3 is 2.91 bits per heavy atom. The second-order valence-corrected chi connectivity index (χ2v) is 6.01. The molecule has 22 heavy (non-hydrogen) atoms. The average Bonchev–Trinajstić information content (AvgIpc) is 2.92. The molecule has 0 bridgehead atoms. The Labute approximate surface area is 134 Å². The van der Waals surface area contributed by atoms with Crippen molar-refractivity contribution >= 4 is 29.1 Å². The largest absolute Gasteiger partial charge is 0.384 e. The first-order valence-corrected chi connectivity index (χ1v) is 8.08. The van der Waals surface area contributed by atoms with Crippen molar-refractivity contribution in [1.82, 2.24) is 9.97 Å². The maximum atomic E-state index is 6.05. The molecule has 0 amide bonds. The lowest BCUT2D eigenvalue weighted by molar-refractivity contribution is 0.218. The molecule has 0 atom stereocenters. The maximum Gasteiger partial charge on any atom is 0.191 e. The number of nitrogens with two attached hydrogens (primary N) is 1. The number of anilines is 3. The van der Waals surface area contributed by atoms with Crippen LogP contribution in [0.3, 0.4) is 0 Å². The van der Waals surface area contributed by atoms with E-state index in [0.29, 0.717) is 24.2 Å². The standard InChI is InChI=1S/C15H19N5OS/c1-21-7-8-22-15-18-13(16)12-14(19-15)20(10-17-12)9-11-5-3-2-4-6-11/h2-6,17H,7-10H2,1H3,(H2,16,18,19). The van der Waals surface area contributed by atoms with Crippen LogP contribution in [-0.2, 0) is 11.3 Å². The van der Waals surface area contributed by atoms with Crippen LogP contribution in [0.25, 0.3) is 0 Å². The Morgan fingerprint density at radius 1 is 1.32 bits per heavy atom. The van der Waals surface area contributed by atoms with Crippen LogP contribution in [0, 0.1) is 0 Å². The molecular formula is C15H19N5OS. The predicted octanol–water partition coefficient (Wildman–Crippen LogP) is 2.19. The Morgan fingerprint density at radius 2 is 2.14 bits per heavy atom. The molecule has 1 aromatic heterocycles. The molecule has 0 saturated heterocycles. The Balaban J connectivity index is 1.79. The Bertz CT molecular complexity index is 637. The predicted molar refractivity (Wildman–Crippen MR) is 90.2 cm³/mol. The first-order chi connectivity index (χ1) is 10.8. The number of ether oxygens (including phenoxy) is 1. The highest BCUT2D eigenvalue weighted by atomic mass is 32.2. The molecule has 0 aliphatic carbocycles. The van der Waals surface area contributed by atoms with Gasteiger partial charge in [-0.05, 0) is 5.56 Å². The summed E-state index contributed by atoms with van der Waals surface area (Å²) in [6.45, 7) is 2.14. The fraction of sp³-hybridized carbons (Fsp3) is 0.333. The van der Waals surface area contributed by atoms with Crippen LogP contribution in [0.15, 0.2) is 35.5 Å². The van der Waals surface area contributed by atoms with Gasteiger partial charge >= 0.3 is 0 Å². The normalized spacial score (nSPS) is 13.0. The second-order valence-electron chi connectivity index (χ2n) is 4.95. The summed E-state index contributed by atoms with van der Waals surface area (Å²) in [5.41, 5.74) is 8.11. The van der Waals surface area contributed by atoms with Gasteiger partial charge in [0, 0.05) is 19.4 Å². The molecule has 6 nitrogen and oxygen atoms in total. The molecule has 0 saturated carbocycles. The lowest BCUT2D eigenvalue weighted by Gasteiger charge is -2.17. The molecule has 3 rings (SSSR count). The molecule has 0 spiro atoms. The molecule has 7 heteroatoms. The van der Waals surface area contributed by atoms with Crippen molar-refractivity contribution in [2.45, 2.75) is 11.7 Å². The molecule has 1 aliphatic rings. The van der Waals surface area contributed by atoms with E-state index in [2.05, 4.69) is 32.3 Å². The van der Waals surface area contributed by atoms with E-state index in [9.17, 15) is 0 Å². The van der Waals surface area contributed by atoms with Gasteiger partial charge in [-0.25, -0.2) is 9.97 Å². The first kappa shape index (κ1) is 14.9. The monoisotopic (exact) mass is 317 g/mol. The zero-order valence-corrected chi connectivity index (χ0v) is 13.3. The first-order valence-electron chi connectivity index (χ1n) is 7.10. The number of hydrogen-bond donors (Lipinski definition) is 2. The van der Waals surface area contributed by atoms with Gasteiger partial charge in [-0.1, -0.05) is 42.1 Å². The minimum Gasteiger partial charge on any atom is -0.384 e. The van der Waals surface area contributed by atoms with Gasteiger partial charge in [0.25, 0.3) is 0 Å². The number of nitrogens with one attached hydrogen (secondary N) is 1. The minimum absolute atomic E-state index is 0.500. The molecule has 1 aliphatic heterocycles. The van der Waals surface area contributed by atoms with Crippen LogP contribution in [0.2, 0.25) is 0 Å². The van der Waals surface area contributed by atoms with E-state index in [1.54, 1.807) is 18.9 Å². The van der Waals surface area contributed by atoms with Gasteiger partial charge in [0.05, 0.1) is 13.3 Å². The third-order valence-electron chi connectivity index (χ3n) is 3.38. The van der Waals surface area contributed by atoms with Crippen molar-refractivity contribution in [3.05, 3.63) is 35.9 Å². The highest BCUT2D eigenvalue weighted by Crippen LogP contribution is 2.35. The topological polar surface area (TPSA) is 76.3 Å².